The number of rotatable bonds is 3. The number of anilines is 1. The molecule has 3 unspecified atom stereocenters. The van der Waals surface area contributed by atoms with Gasteiger partial charge in [-0.25, -0.2) is 4.39 Å². The highest BCUT2D eigenvalue weighted by atomic mass is 19.1. The number of hydrogen-bond acceptors (Lipinski definition) is 3. The Labute approximate surface area is 107 Å². The molecule has 0 spiro atoms. The summed E-state index contributed by atoms with van der Waals surface area (Å²) in [4.78, 5) is 2.50. The quantitative estimate of drug-likeness (QED) is 0.856. The number of nitrogens with one attached hydrogen (secondary N) is 1. The molecular weight excluding hydrogens is 229 g/mol. The largest absolute Gasteiger partial charge is 0.378 e. The molecule has 0 amide bonds. The summed E-state index contributed by atoms with van der Waals surface area (Å²) in [6.07, 6.45) is 2.29. The number of hydrogen-bond donors (Lipinski definition) is 2. The topological polar surface area (TPSA) is 41.3 Å². The van der Waals surface area contributed by atoms with E-state index >= 15 is 0 Å². The highest BCUT2D eigenvalue weighted by Gasteiger charge is 2.45. The number of piperidine rings is 1. The van der Waals surface area contributed by atoms with Crippen molar-refractivity contribution >= 4 is 5.69 Å². The Bertz CT molecular complexity index is 420. The number of nitrogens with two attached hydrogens (primary N) is 1. The molecule has 1 aromatic rings. The Morgan fingerprint density at radius 1 is 1.33 bits per heavy atom. The summed E-state index contributed by atoms with van der Waals surface area (Å²) in [6, 6.07) is 6.59. The van der Waals surface area contributed by atoms with E-state index < -0.39 is 0 Å². The van der Waals surface area contributed by atoms with E-state index in [1.54, 1.807) is 12.1 Å². The van der Waals surface area contributed by atoms with Crippen LogP contribution in [-0.4, -0.2) is 36.6 Å². The van der Waals surface area contributed by atoms with Gasteiger partial charge in [-0.3, -0.25) is 0 Å². The molecule has 2 saturated heterocycles. The number of fused-ring (bicyclic) bond motifs is 2. The van der Waals surface area contributed by atoms with Crippen molar-refractivity contribution in [2.75, 3.05) is 31.5 Å². The minimum Gasteiger partial charge on any atom is -0.378 e. The van der Waals surface area contributed by atoms with Gasteiger partial charge in [0, 0.05) is 25.3 Å². The highest BCUT2D eigenvalue weighted by Crippen LogP contribution is 2.37. The lowest BCUT2D eigenvalue weighted by atomic mass is 9.78. The fourth-order valence-corrected chi connectivity index (χ4v) is 3.35. The maximum atomic E-state index is 12.9. The lowest BCUT2D eigenvalue weighted by Gasteiger charge is -2.43. The van der Waals surface area contributed by atoms with E-state index in [0.29, 0.717) is 12.5 Å². The molecule has 0 aromatic heterocycles. The first-order valence-corrected chi connectivity index (χ1v) is 6.68. The van der Waals surface area contributed by atoms with E-state index in [0.717, 1.165) is 25.2 Å². The third-order valence-electron chi connectivity index (χ3n) is 4.53. The molecule has 18 heavy (non-hydrogen) atoms. The lowest BCUT2D eigenvalue weighted by Crippen LogP contribution is -2.56. The Kier molecular flexibility index (Phi) is 2.99. The molecule has 2 aliphatic heterocycles. The Morgan fingerprint density at radius 2 is 2.11 bits per heavy atom. The fraction of sp³-hybridized carbons (Fsp3) is 0.571. The highest BCUT2D eigenvalue weighted by molar-refractivity contribution is 5.46. The fourth-order valence-electron chi connectivity index (χ4n) is 3.35. The SMILES string of the molecule is NCC1(Nc2ccc(F)cc2)CCN2CCC1C2. The van der Waals surface area contributed by atoms with Crippen molar-refractivity contribution in [1.29, 1.82) is 0 Å². The van der Waals surface area contributed by atoms with Crippen LogP contribution in [0, 0.1) is 11.7 Å². The van der Waals surface area contributed by atoms with Gasteiger partial charge in [0.25, 0.3) is 0 Å². The molecule has 3 N–H and O–H groups in total. The van der Waals surface area contributed by atoms with Gasteiger partial charge in [0.1, 0.15) is 5.82 Å². The molecule has 1 aromatic carbocycles. The average Bonchev–Trinajstić information content (AvgIpc) is 2.81. The average molecular weight is 249 g/mol. The van der Waals surface area contributed by atoms with Crippen LogP contribution in [-0.2, 0) is 0 Å². The standard InChI is InChI=1S/C14H20FN3/c15-12-1-3-13(4-2-12)17-14(10-16)6-8-18-7-5-11(14)9-18/h1-4,11,17H,5-10,16H2. The van der Waals surface area contributed by atoms with Crippen molar-refractivity contribution in [3.63, 3.8) is 0 Å². The maximum Gasteiger partial charge on any atom is 0.123 e. The van der Waals surface area contributed by atoms with E-state index in [9.17, 15) is 4.39 Å². The van der Waals surface area contributed by atoms with Gasteiger partial charge >= 0.3 is 0 Å². The van der Waals surface area contributed by atoms with Gasteiger partial charge in [-0.05, 0) is 49.6 Å². The van der Waals surface area contributed by atoms with E-state index in [2.05, 4.69) is 10.2 Å². The summed E-state index contributed by atoms with van der Waals surface area (Å²) in [5.41, 5.74) is 7.01. The second-order valence-electron chi connectivity index (χ2n) is 5.53. The van der Waals surface area contributed by atoms with Crippen LogP contribution in [0.5, 0.6) is 0 Å². The van der Waals surface area contributed by atoms with Gasteiger partial charge in [0.05, 0.1) is 5.54 Å². The number of benzene rings is 1. The van der Waals surface area contributed by atoms with Gasteiger partial charge in [0.15, 0.2) is 0 Å². The minimum absolute atomic E-state index is 0.00910. The minimum atomic E-state index is -0.196. The van der Waals surface area contributed by atoms with Crippen LogP contribution in [0.25, 0.3) is 0 Å². The van der Waals surface area contributed by atoms with Crippen molar-refractivity contribution in [2.45, 2.75) is 18.4 Å². The number of nitrogens with zero attached hydrogens (tertiary/aromatic N) is 1. The molecule has 98 valence electrons. The second kappa shape index (κ2) is 4.52. The first-order chi connectivity index (χ1) is 8.72. The van der Waals surface area contributed by atoms with E-state index in [-0.39, 0.29) is 11.4 Å². The van der Waals surface area contributed by atoms with Crippen LogP contribution in [0.2, 0.25) is 0 Å². The Hall–Kier alpha value is -1.13. The Balaban J connectivity index is 1.81. The molecule has 3 atom stereocenters. The van der Waals surface area contributed by atoms with Crippen LogP contribution in [0.3, 0.4) is 0 Å². The molecule has 4 heteroatoms. The van der Waals surface area contributed by atoms with Crippen molar-refractivity contribution < 1.29 is 4.39 Å². The molecule has 0 saturated carbocycles. The molecule has 0 aliphatic carbocycles. The zero-order valence-corrected chi connectivity index (χ0v) is 10.5. The summed E-state index contributed by atoms with van der Waals surface area (Å²) in [5.74, 6) is 0.416. The normalized spacial score (nSPS) is 34.6. The molecule has 2 bridgehead atoms. The van der Waals surface area contributed by atoms with Crippen molar-refractivity contribution in [2.24, 2.45) is 11.7 Å². The maximum absolute atomic E-state index is 12.9. The first-order valence-electron chi connectivity index (χ1n) is 6.68. The molecular formula is C14H20FN3. The third kappa shape index (κ3) is 1.99. The van der Waals surface area contributed by atoms with Crippen LogP contribution >= 0.6 is 0 Å². The summed E-state index contributed by atoms with van der Waals surface area (Å²) < 4.78 is 12.9. The Morgan fingerprint density at radius 3 is 2.83 bits per heavy atom. The molecule has 3 nitrogen and oxygen atoms in total. The summed E-state index contributed by atoms with van der Waals surface area (Å²) in [5, 5.41) is 3.58. The van der Waals surface area contributed by atoms with Gasteiger partial charge < -0.3 is 16.0 Å². The van der Waals surface area contributed by atoms with Crippen molar-refractivity contribution in [3.8, 4) is 0 Å². The monoisotopic (exact) mass is 249 g/mol. The van der Waals surface area contributed by atoms with E-state index in [1.807, 2.05) is 0 Å². The summed E-state index contributed by atoms with van der Waals surface area (Å²) in [6.45, 7) is 4.09. The van der Waals surface area contributed by atoms with Gasteiger partial charge in [-0.2, -0.15) is 0 Å². The molecule has 2 heterocycles. The van der Waals surface area contributed by atoms with Gasteiger partial charge in [-0.15, -0.1) is 0 Å². The zero-order valence-electron chi connectivity index (χ0n) is 10.5. The molecule has 2 fully saturated rings. The van der Waals surface area contributed by atoms with Crippen molar-refractivity contribution in [3.05, 3.63) is 30.1 Å². The number of halogens is 1. The van der Waals surface area contributed by atoms with Crippen LogP contribution in [0.1, 0.15) is 12.8 Å². The first kappa shape index (κ1) is 11.9. The predicted molar refractivity (Wildman–Crippen MR) is 71.0 cm³/mol. The van der Waals surface area contributed by atoms with E-state index in [4.69, 9.17) is 5.73 Å². The summed E-state index contributed by atoms with van der Waals surface area (Å²) in [7, 11) is 0. The van der Waals surface area contributed by atoms with Crippen molar-refractivity contribution in [1.82, 2.24) is 4.90 Å². The second-order valence-corrected chi connectivity index (χ2v) is 5.53. The van der Waals surface area contributed by atoms with Crippen LogP contribution in [0.4, 0.5) is 10.1 Å². The van der Waals surface area contributed by atoms with Gasteiger partial charge in [-0.1, -0.05) is 0 Å². The predicted octanol–water partition coefficient (Wildman–Crippen LogP) is 1.66. The summed E-state index contributed by atoms with van der Waals surface area (Å²) >= 11 is 0. The molecule has 0 radical (unpaired) electrons. The third-order valence-corrected chi connectivity index (χ3v) is 4.53. The van der Waals surface area contributed by atoms with E-state index in [1.165, 1.54) is 25.1 Å². The van der Waals surface area contributed by atoms with Crippen LogP contribution < -0.4 is 11.1 Å². The molecule has 2 aliphatic rings. The zero-order chi connectivity index (χ0) is 12.6. The van der Waals surface area contributed by atoms with Gasteiger partial charge in [0.2, 0.25) is 0 Å². The van der Waals surface area contributed by atoms with Crippen LogP contribution in [0.15, 0.2) is 24.3 Å². The smallest absolute Gasteiger partial charge is 0.123 e. The molecule has 3 rings (SSSR count). The lowest BCUT2D eigenvalue weighted by molar-refractivity contribution is 0.190.